The Morgan fingerprint density at radius 3 is 2.48 bits per heavy atom. The van der Waals surface area contributed by atoms with Crippen molar-refractivity contribution in [2.24, 2.45) is 0 Å². The van der Waals surface area contributed by atoms with E-state index < -0.39 is 17.8 Å². The van der Waals surface area contributed by atoms with E-state index in [9.17, 15) is 13.6 Å². The number of carbonyl (C=O) groups excluding carboxylic acids is 1. The van der Waals surface area contributed by atoms with Crippen molar-refractivity contribution in [3.8, 4) is 34.6 Å². The van der Waals surface area contributed by atoms with Crippen molar-refractivity contribution in [1.82, 2.24) is 30.2 Å². The van der Waals surface area contributed by atoms with E-state index in [1.54, 1.807) is 44.5 Å². The van der Waals surface area contributed by atoms with Gasteiger partial charge in [-0.15, -0.1) is 5.10 Å². The van der Waals surface area contributed by atoms with Gasteiger partial charge in [-0.25, -0.2) is 14.5 Å². The van der Waals surface area contributed by atoms with Gasteiger partial charge < -0.3 is 24.1 Å². The fraction of sp³-hybridized carbons (Fsp3) is 0.370. The van der Waals surface area contributed by atoms with E-state index in [2.05, 4.69) is 30.3 Å². The van der Waals surface area contributed by atoms with Crippen molar-refractivity contribution in [2.45, 2.75) is 52.9 Å². The molecule has 4 rings (SSSR count). The van der Waals surface area contributed by atoms with Crippen molar-refractivity contribution < 1.29 is 32.3 Å². The number of halogens is 2. The monoisotopic (exact) mass is 556 g/mol. The van der Waals surface area contributed by atoms with Gasteiger partial charge in [-0.1, -0.05) is 17.3 Å². The van der Waals surface area contributed by atoms with Crippen molar-refractivity contribution >= 4 is 6.09 Å². The Hall–Kier alpha value is -4.55. The van der Waals surface area contributed by atoms with Gasteiger partial charge in [-0.3, -0.25) is 0 Å². The van der Waals surface area contributed by atoms with Crippen LogP contribution < -0.4 is 14.8 Å². The van der Waals surface area contributed by atoms with Crippen LogP contribution in [0.25, 0.3) is 23.1 Å². The molecule has 0 atom stereocenters. The quantitative estimate of drug-likeness (QED) is 0.261. The van der Waals surface area contributed by atoms with Crippen molar-refractivity contribution in [2.75, 3.05) is 13.2 Å². The summed E-state index contributed by atoms with van der Waals surface area (Å²) in [6.45, 7) is 8.85. The number of hydrogen-bond acceptors (Lipinski definition) is 9. The molecular weight excluding hydrogens is 526 g/mol. The molecule has 0 spiro atoms. The molecule has 0 bridgehead atoms. The van der Waals surface area contributed by atoms with Gasteiger partial charge in [0.1, 0.15) is 29.5 Å². The second-order valence-electron chi connectivity index (χ2n) is 9.92. The Kier molecular flexibility index (Phi) is 8.31. The third-order valence-electron chi connectivity index (χ3n) is 5.15. The van der Waals surface area contributed by atoms with Gasteiger partial charge >= 0.3 is 12.2 Å². The summed E-state index contributed by atoms with van der Waals surface area (Å²) in [7, 11) is 0. The lowest BCUT2D eigenvalue weighted by Gasteiger charge is -2.19. The third kappa shape index (κ3) is 8.22. The zero-order valence-electron chi connectivity index (χ0n) is 22.8. The molecule has 2 aromatic heterocycles. The Labute approximate surface area is 229 Å². The fourth-order valence-electron chi connectivity index (χ4n) is 3.51. The molecule has 0 unspecified atom stereocenters. The summed E-state index contributed by atoms with van der Waals surface area (Å²) >= 11 is 0. The van der Waals surface area contributed by atoms with Crippen molar-refractivity contribution in [3.05, 3.63) is 59.9 Å². The molecule has 40 heavy (non-hydrogen) atoms. The summed E-state index contributed by atoms with van der Waals surface area (Å²) in [6.07, 6.45) is -3.78. The molecule has 0 radical (unpaired) electrons. The Bertz CT molecular complexity index is 1440. The lowest BCUT2D eigenvalue weighted by molar-refractivity contribution is -0.158. The van der Waals surface area contributed by atoms with Gasteiger partial charge in [0, 0.05) is 12.5 Å². The number of aromatic nitrogens is 5. The van der Waals surface area contributed by atoms with Crippen LogP contribution in [0.1, 0.15) is 39.1 Å². The van der Waals surface area contributed by atoms with Crippen LogP contribution in [0, 0.1) is 6.92 Å². The van der Waals surface area contributed by atoms with E-state index in [1.165, 1.54) is 12.1 Å². The van der Waals surface area contributed by atoms with Crippen LogP contribution in [0.5, 0.6) is 11.5 Å². The van der Waals surface area contributed by atoms with Crippen LogP contribution in [-0.4, -0.2) is 55.9 Å². The summed E-state index contributed by atoms with van der Waals surface area (Å²) in [5.41, 5.74) is 0.908. The second kappa shape index (κ2) is 11.7. The van der Waals surface area contributed by atoms with E-state index in [-0.39, 0.29) is 29.9 Å². The summed E-state index contributed by atoms with van der Waals surface area (Å²) in [5.74, 6) is 1.91. The first-order chi connectivity index (χ1) is 18.8. The molecule has 11 nitrogen and oxygen atoms in total. The van der Waals surface area contributed by atoms with Crippen LogP contribution in [0.4, 0.5) is 13.6 Å². The predicted octanol–water partition coefficient (Wildman–Crippen LogP) is 5.25. The predicted molar refractivity (Wildman–Crippen MR) is 140 cm³/mol. The Morgan fingerprint density at radius 1 is 1.02 bits per heavy atom. The molecule has 2 heterocycles. The maximum Gasteiger partial charge on any atom is 0.407 e. The molecular formula is C27H30F2N6O5. The number of hydrogen-bond donors (Lipinski definition) is 1. The minimum Gasteiger partial charge on any atom is -0.492 e. The molecule has 0 aliphatic rings. The van der Waals surface area contributed by atoms with Gasteiger partial charge in [-0.05, 0) is 69.7 Å². The number of benzene rings is 2. The Morgan fingerprint density at radius 2 is 1.77 bits per heavy atom. The van der Waals surface area contributed by atoms with Crippen LogP contribution in [0.3, 0.4) is 0 Å². The molecule has 1 N–H and O–H groups in total. The number of alkyl halides is 2. The normalized spacial score (nSPS) is 11.8. The molecule has 2 aromatic carbocycles. The molecule has 0 saturated heterocycles. The number of aryl methyl sites for hydroxylation is 1. The SMILES string of the molecule is Cc1nc(-c2nc(-c3ccc(OC(C)(F)F)cc3)no2)nn1Cc1cccc(OCCNC(=O)OC(C)(C)C)c1. The maximum atomic E-state index is 13.0. The number of ether oxygens (including phenoxy) is 3. The van der Waals surface area contributed by atoms with E-state index in [0.717, 1.165) is 5.56 Å². The number of rotatable bonds is 10. The molecule has 0 aliphatic heterocycles. The molecule has 0 saturated carbocycles. The highest BCUT2D eigenvalue weighted by molar-refractivity contribution is 5.67. The van der Waals surface area contributed by atoms with E-state index in [1.807, 2.05) is 24.3 Å². The average molecular weight is 557 g/mol. The fourth-order valence-corrected chi connectivity index (χ4v) is 3.51. The first kappa shape index (κ1) is 28.5. The highest BCUT2D eigenvalue weighted by Crippen LogP contribution is 2.26. The van der Waals surface area contributed by atoms with Gasteiger partial charge in [0.15, 0.2) is 0 Å². The second-order valence-corrected chi connectivity index (χ2v) is 9.92. The average Bonchev–Trinajstić information content (AvgIpc) is 3.48. The van der Waals surface area contributed by atoms with Crippen molar-refractivity contribution in [3.63, 3.8) is 0 Å². The Balaban J connectivity index is 1.35. The standard InChI is InChI=1S/C27H30F2N6O5/c1-17-31-23(24-32-22(34-40-24)19-9-11-20(12-10-19)38-27(5,28)29)33-35(17)16-18-7-6-8-21(15-18)37-14-13-30-25(36)39-26(2,3)4/h6-12,15H,13-14,16H2,1-5H3,(H,30,36). The third-order valence-corrected chi connectivity index (χ3v) is 5.15. The topological polar surface area (TPSA) is 126 Å². The highest BCUT2D eigenvalue weighted by Gasteiger charge is 2.23. The number of alkyl carbamates (subject to hydrolysis) is 1. The number of nitrogens with zero attached hydrogens (tertiary/aromatic N) is 5. The first-order valence-electron chi connectivity index (χ1n) is 12.5. The first-order valence-corrected chi connectivity index (χ1v) is 12.5. The van der Waals surface area contributed by atoms with Crippen molar-refractivity contribution in [1.29, 1.82) is 0 Å². The number of carbonyl (C=O) groups is 1. The summed E-state index contributed by atoms with van der Waals surface area (Å²) in [5, 5.41) is 11.1. The smallest absolute Gasteiger partial charge is 0.407 e. The number of nitrogens with one attached hydrogen (secondary N) is 1. The minimum atomic E-state index is -3.28. The minimum absolute atomic E-state index is 0.0166. The number of amides is 1. The zero-order chi connectivity index (χ0) is 28.9. The highest BCUT2D eigenvalue weighted by atomic mass is 19.3. The van der Waals surface area contributed by atoms with E-state index in [0.29, 0.717) is 37.2 Å². The van der Waals surface area contributed by atoms with Gasteiger partial charge in [0.05, 0.1) is 13.1 Å². The molecule has 212 valence electrons. The van der Waals surface area contributed by atoms with Crippen LogP contribution in [-0.2, 0) is 11.3 Å². The molecule has 4 aromatic rings. The molecule has 0 aliphatic carbocycles. The van der Waals surface area contributed by atoms with Crippen LogP contribution in [0.2, 0.25) is 0 Å². The van der Waals surface area contributed by atoms with E-state index >= 15 is 0 Å². The molecule has 0 fully saturated rings. The van der Waals surface area contributed by atoms with Gasteiger partial charge in [-0.2, -0.15) is 13.8 Å². The lowest BCUT2D eigenvalue weighted by Crippen LogP contribution is -2.34. The molecule has 13 heteroatoms. The van der Waals surface area contributed by atoms with Crippen LogP contribution >= 0.6 is 0 Å². The van der Waals surface area contributed by atoms with Crippen LogP contribution in [0.15, 0.2) is 53.1 Å². The maximum absolute atomic E-state index is 13.0. The molecule has 1 amide bonds. The van der Waals surface area contributed by atoms with Gasteiger partial charge in [0.2, 0.25) is 11.6 Å². The zero-order valence-corrected chi connectivity index (χ0v) is 22.8. The summed E-state index contributed by atoms with van der Waals surface area (Å²) in [6, 6.07) is 13.4. The van der Waals surface area contributed by atoms with Gasteiger partial charge in [0.25, 0.3) is 5.89 Å². The summed E-state index contributed by atoms with van der Waals surface area (Å²) in [4.78, 5) is 20.5. The van der Waals surface area contributed by atoms with E-state index in [4.69, 9.17) is 14.0 Å². The summed E-state index contributed by atoms with van der Waals surface area (Å²) < 4.78 is 48.6. The lowest BCUT2D eigenvalue weighted by atomic mass is 10.2. The largest absolute Gasteiger partial charge is 0.492 e.